The molecule has 0 aliphatic carbocycles. The van der Waals surface area contributed by atoms with E-state index in [0.29, 0.717) is 26.2 Å². The number of para-hydroxylation sites is 1. The predicted molar refractivity (Wildman–Crippen MR) is 112 cm³/mol. The number of H-pyrrole nitrogens is 1. The molecule has 0 spiro atoms. The number of aromatic nitrogens is 1. The Morgan fingerprint density at radius 1 is 1.00 bits per heavy atom. The molecule has 1 fully saturated rings. The Balaban J connectivity index is 1.67. The van der Waals surface area contributed by atoms with Crippen LogP contribution in [0.15, 0.2) is 58.4 Å². The summed E-state index contributed by atoms with van der Waals surface area (Å²) < 4.78 is 0. The maximum atomic E-state index is 13.4. The molecule has 5 rings (SSSR count). The third-order valence-electron chi connectivity index (χ3n) is 5.18. The number of phenols is 1. The van der Waals surface area contributed by atoms with Crippen LogP contribution in [-0.2, 0) is 9.59 Å². The van der Waals surface area contributed by atoms with E-state index < -0.39 is 17.1 Å². The fourth-order valence-corrected chi connectivity index (χ4v) is 6.58. The van der Waals surface area contributed by atoms with Gasteiger partial charge in [-0.25, -0.2) is 4.90 Å². The number of thioether (sulfide) groups is 1. The van der Waals surface area contributed by atoms with Crippen LogP contribution in [0.2, 0.25) is 5.02 Å². The zero-order valence-electron chi connectivity index (χ0n) is 14.7. The summed E-state index contributed by atoms with van der Waals surface area (Å²) in [7, 11) is 0. The molecule has 0 unspecified atom stereocenters. The van der Waals surface area contributed by atoms with Crippen molar-refractivity contribution in [3.8, 4) is 5.75 Å². The number of aromatic amines is 1. The first-order valence-electron chi connectivity index (χ1n) is 8.76. The number of halogens is 1. The number of benzene rings is 2. The molecule has 6 nitrogen and oxygen atoms in total. The van der Waals surface area contributed by atoms with Crippen LogP contribution in [0.25, 0.3) is 0 Å². The van der Waals surface area contributed by atoms with E-state index in [1.54, 1.807) is 48.5 Å². The van der Waals surface area contributed by atoms with Crippen molar-refractivity contribution in [3.05, 3.63) is 73.7 Å². The molecule has 2 aliphatic heterocycles. The fraction of sp³-hybridized carbons (Fsp3) is 0.150. The Morgan fingerprint density at radius 3 is 2.45 bits per heavy atom. The lowest BCUT2D eigenvalue weighted by Crippen LogP contribution is -2.32. The zero-order chi connectivity index (χ0) is 20.3. The highest BCUT2D eigenvalue weighted by Crippen LogP contribution is 2.54. The second-order valence-electron chi connectivity index (χ2n) is 6.80. The van der Waals surface area contributed by atoms with Gasteiger partial charge in [-0.05, 0) is 30.3 Å². The third kappa shape index (κ3) is 2.82. The average molecular weight is 445 g/mol. The summed E-state index contributed by atoms with van der Waals surface area (Å²) in [6, 6.07) is 13.2. The van der Waals surface area contributed by atoms with Crippen molar-refractivity contribution in [2.24, 2.45) is 5.92 Å². The van der Waals surface area contributed by atoms with Gasteiger partial charge >= 0.3 is 4.87 Å². The van der Waals surface area contributed by atoms with Gasteiger partial charge in [0.05, 0.1) is 16.6 Å². The Labute approximate surface area is 178 Å². The predicted octanol–water partition coefficient (Wildman–Crippen LogP) is 3.59. The van der Waals surface area contributed by atoms with Crippen molar-refractivity contribution in [2.75, 3.05) is 4.90 Å². The normalized spacial score (nSPS) is 23.2. The van der Waals surface area contributed by atoms with E-state index in [1.165, 1.54) is 16.7 Å². The van der Waals surface area contributed by atoms with Gasteiger partial charge in [0.1, 0.15) is 11.0 Å². The van der Waals surface area contributed by atoms with Crippen LogP contribution >= 0.6 is 34.7 Å². The molecule has 1 aromatic heterocycles. The van der Waals surface area contributed by atoms with Crippen molar-refractivity contribution in [1.29, 1.82) is 0 Å². The summed E-state index contributed by atoms with van der Waals surface area (Å²) in [5, 5.41) is 10.9. The van der Waals surface area contributed by atoms with E-state index >= 15 is 0 Å². The van der Waals surface area contributed by atoms with Crippen LogP contribution < -0.4 is 9.77 Å². The first-order valence-corrected chi connectivity index (χ1v) is 10.8. The summed E-state index contributed by atoms with van der Waals surface area (Å²) in [6.45, 7) is 0. The standard InChI is InChI=1S/C20H13ClN2O4S2/c21-9-5-7-10(8-6-9)23-18(25)14-13(11-3-1-2-4-12(11)24)15-17(22-20(27)29-15)28-16(14)19(23)26/h1-8,13-14,16,24H,(H,22,27)/t13-,14-,16+/m0/s1. The molecule has 3 aromatic rings. The largest absolute Gasteiger partial charge is 0.508 e. The number of amides is 2. The minimum absolute atomic E-state index is 0.0279. The lowest BCUT2D eigenvalue weighted by atomic mass is 9.82. The van der Waals surface area contributed by atoms with Crippen LogP contribution in [0, 0.1) is 5.92 Å². The van der Waals surface area contributed by atoms with Gasteiger partial charge in [-0.2, -0.15) is 0 Å². The molecule has 29 heavy (non-hydrogen) atoms. The highest BCUT2D eigenvalue weighted by Gasteiger charge is 2.56. The number of hydrogen-bond donors (Lipinski definition) is 2. The second kappa shape index (κ2) is 6.76. The number of anilines is 1. The van der Waals surface area contributed by atoms with Crippen LogP contribution in [0.5, 0.6) is 5.75 Å². The molecule has 9 heteroatoms. The number of rotatable bonds is 2. The molecule has 3 atom stereocenters. The number of fused-ring (bicyclic) bond motifs is 2. The van der Waals surface area contributed by atoms with E-state index in [-0.39, 0.29) is 22.4 Å². The molecule has 0 bridgehead atoms. The molecule has 1 saturated heterocycles. The van der Waals surface area contributed by atoms with E-state index in [4.69, 9.17) is 11.6 Å². The minimum Gasteiger partial charge on any atom is -0.508 e. The van der Waals surface area contributed by atoms with Gasteiger partial charge < -0.3 is 10.1 Å². The number of hydrogen-bond acceptors (Lipinski definition) is 6. The van der Waals surface area contributed by atoms with Gasteiger partial charge in [0.2, 0.25) is 11.8 Å². The van der Waals surface area contributed by atoms with Crippen LogP contribution in [0.3, 0.4) is 0 Å². The maximum Gasteiger partial charge on any atom is 0.305 e. The highest BCUT2D eigenvalue weighted by atomic mass is 35.5. The van der Waals surface area contributed by atoms with E-state index in [1.807, 2.05) is 0 Å². The summed E-state index contributed by atoms with van der Waals surface area (Å²) >= 11 is 8.15. The zero-order valence-corrected chi connectivity index (χ0v) is 17.1. The number of thiazole rings is 1. The van der Waals surface area contributed by atoms with Crippen LogP contribution in [0.4, 0.5) is 5.69 Å². The molecule has 2 N–H and O–H groups in total. The molecular weight excluding hydrogens is 432 g/mol. The van der Waals surface area contributed by atoms with Crippen molar-refractivity contribution in [3.63, 3.8) is 0 Å². The van der Waals surface area contributed by atoms with Crippen molar-refractivity contribution < 1.29 is 14.7 Å². The van der Waals surface area contributed by atoms with Crippen molar-refractivity contribution >= 4 is 52.2 Å². The summed E-state index contributed by atoms with van der Waals surface area (Å²) in [6.07, 6.45) is 0. The molecule has 3 heterocycles. The fourth-order valence-electron chi connectivity index (χ4n) is 3.95. The van der Waals surface area contributed by atoms with Gasteiger partial charge in [-0.15, -0.1) is 0 Å². The number of nitrogens with zero attached hydrogens (tertiary/aromatic N) is 1. The Morgan fingerprint density at radius 2 is 1.72 bits per heavy atom. The molecule has 0 radical (unpaired) electrons. The lowest BCUT2D eigenvalue weighted by molar-refractivity contribution is -0.122. The van der Waals surface area contributed by atoms with Crippen LogP contribution in [-0.4, -0.2) is 27.2 Å². The summed E-state index contributed by atoms with van der Waals surface area (Å²) in [5.41, 5.74) is 0.977. The number of carbonyl (C=O) groups excluding carboxylic acids is 2. The third-order valence-corrected chi connectivity index (χ3v) is 7.83. The first kappa shape index (κ1) is 18.5. The molecule has 2 aromatic carbocycles. The minimum atomic E-state index is -0.726. The Kier molecular flexibility index (Phi) is 4.31. The number of imide groups is 1. The van der Waals surface area contributed by atoms with E-state index in [2.05, 4.69) is 4.98 Å². The first-order chi connectivity index (χ1) is 14.0. The van der Waals surface area contributed by atoms with Gasteiger partial charge in [-0.1, -0.05) is 52.9 Å². The monoisotopic (exact) mass is 444 g/mol. The van der Waals surface area contributed by atoms with Crippen molar-refractivity contribution in [1.82, 2.24) is 4.98 Å². The number of aromatic hydroxyl groups is 1. The van der Waals surface area contributed by atoms with Gasteiger partial charge in [-0.3, -0.25) is 14.4 Å². The van der Waals surface area contributed by atoms with Gasteiger partial charge in [0.15, 0.2) is 0 Å². The SMILES string of the molecule is O=C1[C@H]2[C@H](c3ccccc3O)c3sc(=O)[nH]c3S[C@H]2C(=O)N1c1ccc(Cl)cc1. The average Bonchev–Trinajstić information content (AvgIpc) is 3.19. The smallest absolute Gasteiger partial charge is 0.305 e. The molecule has 146 valence electrons. The quantitative estimate of drug-likeness (QED) is 0.589. The molecule has 2 aliphatic rings. The van der Waals surface area contributed by atoms with Crippen molar-refractivity contribution in [2.45, 2.75) is 16.2 Å². The molecule has 2 amide bonds. The lowest BCUT2D eigenvalue weighted by Gasteiger charge is -2.30. The van der Waals surface area contributed by atoms with Gasteiger partial charge in [0.25, 0.3) is 0 Å². The second-order valence-corrected chi connectivity index (χ2v) is 9.40. The maximum absolute atomic E-state index is 13.4. The van der Waals surface area contributed by atoms with Gasteiger partial charge in [0, 0.05) is 21.4 Å². The number of phenolic OH excluding ortho intramolecular Hbond substituents is 1. The summed E-state index contributed by atoms with van der Waals surface area (Å²) in [4.78, 5) is 43.0. The number of carbonyl (C=O) groups is 2. The summed E-state index contributed by atoms with van der Waals surface area (Å²) in [5.74, 6) is -1.98. The van der Waals surface area contributed by atoms with Crippen LogP contribution in [0.1, 0.15) is 16.4 Å². The topological polar surface area (TPSA) is 90.5 Å². The Bertz CT molecular complexity index is 1200. The molecule has 0 saturated carbocycles. The molecular formula is C20H13ClN2O4S2. The number of nitrogens with one attached hydrogen (secondary N) is 1. The Hall–Kier alpha value is -2.55. The highest BCUT2D eigenvalue weighted by molar-refractivity contribution is 8.00. The van der Waals surface area contributed by atoms with E-state index in [9.17, 15) is 19.5 Å². The van der Waals surface area contributed by atoms with E-state index in [0.717, 1.165) is 11.3 Å².